The van der Waals surface area contributed by atoms with Crippen LogP contribution in [0.1, 0.15) is 32.2 Å². The number of halogens is 1. The van der Waals surface area contributed by atoms with E-state index in [4.69, 9.17) is 0 Å². The van der Waals surface area contributed by atoms with Gasteiger partial charge < -0.3 is 15.2 Å². The van der Waals surface area contributed by atoms with Crippen molar-refractivity contribution in [2.24, 2.45) is 4.99 Å². The van der Waals surface area contributed by atoms with Crippen LogP contribution in [0.15, 0.2) is 40.1 Å². The molecule has 24 heavy (non-hydrogen) atoms. The third kappa shape index (κ3) is 5.96. The molecule has 0 amide bonds. The number of hydrogen-bond acceptors (Lipinski definition) is 3. The van der Waals surface area contributed by atoms with Gasteiger partial charge in [0, 0.05) is 30.0 Å². The molecule has 2 rings (SSSR count). The van der Waals surface area contributed by atoms with E-state index < -0.39 is 0 Å². The van der Waals surface area contributed by atoms with Gasteiger partial charge in [0.25, 0.3) is 0 Å². The third-order valence-electron chi connectivity index (χ3n) is 3.42. The van der Waals surface area contributed by atoms with Gasteiger partial charge in [-0.3, -0.25) is 0 Å². The summed E-state index contributed by atoms with van der Waals surface area (Å²) in [6, 6.07) is 8.54. The Hall–Kier alpha value is -1.89. The maximum Gasteiger partial charge on any atom is 0.191 e. The molecule has 0 atom stereocenters. The van der Waals surface area contributed by atoms with E-state index in [9.17, 15) is 0 Å². The summed E-state index contributed by atoms with van der Waals surface area (Å²) in [7, 11) is 0. The smallest absolute Gasteiger partial charge is 0.191 e. The molecule has 0 aliphatic heterocycles. The first-order valence-electron chi connectivity index (χ1n) is 8.24. The Morgan fingerprint density at radius 1 is 1.29 bits per heavy atom. The minimum absolute atomic E-state index is 0.322. The van der Waals surface area contributed by atoms with E-state index in [1.54, 1.807) is 6.33 Å². The van der Waals surface area contributed by atoms with Crippen molar-refractivity contribution >= 4 is 21.9 Å². The molecule has 2 aromatic rings. The molecular weight excluding hydrogens is 368 g/mol. The maximum absolute atomic E-state index is 4.66. The van der Waals surface area contributed by atoms with Crippen molar-refractivity contribution in [2.75, 3.05) is 6.54 Å². The minimum Gasteiger partial charge on any atom is -0.355 e. The van der Waals surface area contributed by atoms with Gasteiger partial charge in [0.15, 0.2) is 5.96 Å². The number of guanidine groups is 1. The van der Waals surface area contributed by atoms with E-state index in [1.807, 2.05) is 12.1 Å². The SMILES string of the molecule is CCc1nncn1CCNC(=NCc1ccc(Br)cc1)NC(C)C. The van der Waals surface area contributed by atoms with Gasteiger partial charge in [0.1, 0.15) is 12.2 Å². The summed E-state index contributed by atoms with van der Waals surface area (Å²) in [6.45, 7) is 8.51. The molecular formula is C17H25BrN6. The second-order valence-corrected chi connectivity index (χ2v) is 6.73. The van der Waals surface area contributed by atoms with Crippen LogP contribution in [0.3, 0.4) is 0 Å². The van der Waals surface area contributed by atoms with Crippen molar-refractivity contribution < 1.29 is 0 Å². The number of aryl methyl sites for hydroxylation is 1. The molecule has 7 heteroatoms. The van der Waals surface area contributed by atoms with Crippen LogP contribution in [0.25, 0.3) is 0 Å². The molecule has 1 aromatic heterocycles. The average Bonchev–Trinajstić information content (AvgIpc) is 3.01. The number of nitrogens with one attached hydrogen (secondary N) is 2. The highest BCUT2D eigenvalue weighted by molar-refractivity contribution is 9.10. The van der Waals surface area contributed by atoms with Crippen LogP contribution in [0.2, 0.25) is 0 Å². The fraction of sp³-hybridized carbons (Fsp3) is 0.471. The highest BCUT2D eigenvalue weighted by Gasteiger charge is 2.04. The van der Waals surface area contributed by atoms with Crippen molar-refractivity contribution in [2.45, 2.75) is 46.3 Å². The molecule has 130 valence electrons. The van der Waals surface area contributed by atoms with Crippen LogP contribution >= 0.6 is 15.9 Å². The quantitative estimate of drug-likeness (QED) is 0.561. The summed E-state index contributed by atoms with van der Waals surface area (Å²) in [5.41, 5.74) is 1.18. The van der Waals surface area contributed by atoms with Crippen molar-refractivity contribution in [1.82, 2.24) is 25.4 Å². The fourth-order valence-corrected chi connectivity index (χ4v) is 2.48. The Morgan fingerprint density at radius 2 is 2.04 bits per heavy atom. The molecule has 0 aliphatic rings. The second kappa shape index (κ2) is 9.42. The third-order valence-corrected chi connectivity index (χ3v) is 3.94. The number of hydrogen-bond donors (Lipinski definition) is 2. The van der Waals surface area contributed by atoms with Gasteiger partial charge in [-0.1, -0.05) is 35.0 Å². The molecule has 0 saturated carbocycles. The van der Waals surface area contributed by atoms with E-state index in [0.717, 1.165) is 35.8 Å². The van der Waals surface area contributed by atoms with Crippen LogP contribution < -0.4 is 10.6 Å². The van der Waals surface area contributed by atoms with Crippen LogP contribution in [-0.4, -0.2) is 33.3 Å². The molecule has 1 heterocycles. The number of nitrogens with zero attached hydrogens (tertiary/aromatic N) is 4. The Morgan fingerprint density at radius 3 is 2.71 bits per heavy atom. The van der Waals surface area contributed by atoms with Crippen molar-refractivity contribution in [3.63, 3.8) is 0 Å². The van der Waals surface area contributed by atoms with Gasteiger partial charge in [0.2, 0.25) is 0 Å². The molecule has 0 saturated heterocycles. The van der Waals surface area contributed by atoms with Gasteiger partial charge in [-0.15, -0.1) is 10.2 Å². The van der Waals surface area contributed by atoms with Gasteiger partial charge >= 0.3 is 0 Å². The number of benzene rings is 1. The topological polar surface area (TPSA) is 67.1 Å². The Bertz CT molecular complexity index is 647. The molecule has 2 N–H and O–H groups in total. The molecule has 0 bridgehead atoms. The monoisotopic (exact) mass is 392 g/mol. The Balaban J connectivity index is 1.92. The van der Waals surface area contributed by atoms with Crippen molar-refractivity contribution in [3.05, 3.63) is 46.5 Å². The van der Waals surface area contributed by atoms with Crippen LogP contribution in [0.4, 0.5) is 0 Å². The normalized spacial score (nSPS) is 11.8. The maximum atomic E-state index is 4.66. The summed E-state index contributed by atoms with van der Waals surface area (Å²) in [6.07, 6.45) is 2.66. The molecule has 1 aromatic carbocycles. The van der Waals surface area contributed by atoms with Crippen molar-refractivity contribution in [3.8, 4) is 0 Å². The molecule has 0 spiro atoms. The minimum atomic E-state index is 0.322. The van der Waals surface area contributed by atoms with E-state index in [0.29, 0.717) is 12.6 Å². The zero-order valence-electron chi connectivity index (χ0n) is 14.5. The van der Waals surface area contributed by atoms with Crippen LogP contribution in [0, 0.1) is 0 Å². The number of rotatable bonds is 7. The molecule has 0 radical (unpaired) electrons. The summed E-state index contributed by atoms with van der Waals surface area (Å²) >= 11 is 3.45. The highest BCUT2D eigenvalue weighted by Crippen LogP contribution is 2.11. The molecule has 6 nitrogen and oxygen atoms in total. The summed E-state index contributed by atoms with van der Waals surface area (Å²) in [5.74, 6) is 1.82. The first-order chi connectivity index (χ1) is 11.6. The highest BCUT2D eigenvalue weighted by atomic mass is 79.9. The lowest BCUT2D eigenvalue weighted by molar-refractivity contribution is 0.622. The molecule has 0 unspecified atom stereocenters. The van der Waals surface area contributed by atoms with Gasteiger partial charge in [-0.25, -0.2) is 4.99 Å². The number of aliphatic imine (C=N–C) groups is 1. The Labute approximate surface area is 151 Å². The largest absolute Gasteiger partial charge is 0.355 e. The average molecular weight is 393 g/mol. The summed E-state index contributed by atoms with van der Waals surface area (Å²) < 4.78 is 3.14. The van der Waals surface area contributed by atoms with Crippen LogP contribution in [-0.2, 0) is 19.5 Å². The first kappa shape index (κ1) is 18.4. The Kier molecular flexibility index (Phi) is 7.24. The molecule has 0 fully saturated rings. The van der Waals surface area contributed by atoms with Gasteiger partial charge in [0.05, 0.1) is 6.54 Å². The first-order valence-corrected chi connectivity index (χ1v) is 9.03. The van der Waals surface area contributed by atoms with E-state index in [2.05, 4.69) is 79.2 Å². The van der Waals surface area contributed by atoms with Crippen LogP contribution in [0.5, 0.6) is 0 Å². The second-order valence-electron chi connectivity index (χ2n) is 5.81. The molecule has 0 aliphatic carbocycles. The lowest BCUT2D eigenvalue weighted by Crippen LogP contribution is -2.42. The van der Waals surface area contributed by atoms with Crippen molar-refractivity contribution in [1.29, 1.82) is 0 Å². The van der Waals surface area contributed by atoms with Gasteiger partial charge in [-0.05, 0) is 31.5 Å². The van der Waals surface area contributed by atoms with E-state index in [1.165, 1.54) is 5.56 Å². The standard InChI is InChI=1S/C17H25BrN6/c1-4-16-23-21-12-24(16)10-9-19-17(22-13(2)3)20-11-14-5-7-15(18)8-6-14/h5-8,12-13H,4,9-11H2,1-3H3,(H2,19,20,22). The summed E-state index contributed by atoms with van der Waals surface area (Å²) in [4.78, 5) is 4.66. The zero-order valence-corrected chi connectivity index (χ0v) is 16.0. The van der Waals surface area contributed by atoms with E-state index >= 15 is 0 Å². The summed E-state index contributed by atoms with van der Waals surface area (Å²) in [5, 5.41) is 14.8. The number of aromatic nitrogens is 3. The zero-order chi connectivity index (χ0) is 17.4. The van der Waals surface area contributed by atoms with E-state index in [-0.39, 0.29) is 0 Å². The lowest BCUT2D eigenvalue weighted by Gasteiger charge is -2.15. The van der Waals surface area contributed by atoms with Gasteiger partial charge in [-0.2, -0.15) is 0 Å². The predicted octanol–water partition coefficient (Wildman–Crippen LogP) is 2.75. The fourth-order valence-electron chi connectivity index (χ4n) is 2.22. The predicted molar refractivity (Wildman–Crippen MR) is 101 cm³/mol. The lowest BCUT2D eigenvalue weighted by atomic mass is 10.2.